The highest BCUT2D eigenvalue weighted by Gasteiger charge is 2.60. The Labute approximate surface area is 234 Å². The largest absolute Gasteiger partial charge is 0.481 e. The van der Waals surface area contributed by atoms with Gasteiger partial charge in [-0.15, -0.1) is 4.67 Å². The second-order valence-electron chi connectivity index (χ2n) is 9.53. The first-order chi connectivity index (χ1) is 18.9. The van der Waals surface area contributed by atoms with Crippen molar-refractivity contribution in [2.24, 2.45) is 29.1 Å². The summed E-state index contributed by atoms with van der Waals surface area (Å²) in [6.07, 6.45) is 2.24. The first-order valence-electron chi connectivity index (χ1n) is 12.3. The highest BCUT2D eigenvalue weighted by Crippen LogP contribution is 2.83. The van der Waals surface area contributed by atoms with Crippen molar-refractivity contribution in [1.29, 1.82) is 0 Å². The molecule has 0 saturated heterocycles. The van der Waals surface area contributed by atoms with E-state index in [1.54, 1.807) is 6.92 Å². The molecule has 2 fully saturated rings. The van der Waals surface area contributed by atoms with Crippen LogP contribution >= 0.6 is 14.3 Å². The van der Waals surface area contributed by atoms with E-state index in [-0.39, 0.29) is 24.7 Å². The minimum atomic E-state index is -5.48. The standard InChI is InChI=1S/C29H28O9P2/c1-4-5-6-7-8-9-10-11-12-13-14-15-16-19-29-20-17-18-26(29)23(2)21-27(25(22-29)24(3)28(30)31)39(33,38-37-32)40(34,35)36/h23-27,32H,17-18,20-22H2,1-3H3,(H,30,31)(H2,34,35,36). The fourth-order valence-corrected chi connectivity index (χ4v) is 10.0. The zero-order valence-electron chi connectivity index (χ0n) is 22.1. The molecule has 0 amide bonds. The Morgan fingerprint density at radius 3 is 1.95 bits per heavy atom. The van der Waals surface area contributed by atoms with Crippen LogP contribution in [0.3, 0.4) is 0 Å². The van der Waals surface area contributed by atoms with E-state index < -0.39 is 43.2 Å². The van der Waals surface area contributed by atoms with Crippen LogP contribution in [-0.4, -0.2) is 31.8 Å². The summed E-state index contributed by atoms with van der Waals surface area (Å²) in [5.41, 5.74) is -2.13. The number of rotatable bonds is 6. The lowest BCUT2D eigenvalue weighted by atomic mass is 9.69. The van der Waals surface area contributed by atoms with E-state index in [2.05, 4.69) is 92.6 Å². The average molecular weight is 582 g/mol. The molecule has 11 heteroatoms. The summed E-state index contributed by atoms with van der Waals surface area (Å²) in [7, 11) is -10.5. The minimum absolute atomic E-state index is 0.0154. The molecular formula is C29H28O9P2. The molecule has 2 aliphatic rings. The lowest BCUT2D eigenvalue weighted by molar-refractivity contribution is -0.439. The molecule has 0 radical (unpaired) electrons. The monoisotopic (exact) mass is 582 g/mol. The Bertz CT molecular complexity index is 1530. The molecule has 7 atom stereocenters. The van der Waals surface area contributed by atoms with Crippen LogP contribution in [-0.2, 0) is 23.6 Å². The van der Waals surface area contributed by atoms with Gasteiger partial charge in [0.05, 0.1) is 11.6 Å². The van der Waals surface area contributed by atoms with Gasteiger partial charge in [-0.2, -0.15) is 0 Å². The first-order valence-corrected chi connectivity index (χ1v) is 16.3. The summed E-state index contributed by atoms with van der Waals surface area (Å²) in [5, 5.41) is 22.2. The van der Waals surface area contributed by atoms with Crippen molar-refractivity contribution in [3.05, 3.63) is 0 Å². The van der Waals surface area contributed by atoms with E-state index in [1.807, 2.05) is 6.92 Å². The summed E-state index contributed by atoms with van der Waals surface area (Å²) >= 11 is 0. The highest BCUT2D eigenvalue weighted by molar-refractivity contribution is 8.29. The number of aliphatic carboxylic acids is 1. The summed E-state index contributed by atoms with van der Waals surface area (Å²) in [6, 6.07) is 0. The maximum Gasteiger partial charge on any atom is 0.410 e. The Balaban J connectivity index is 2.44. The molecule has 40 heavy (non-hydrogen) atoms. The lowest BCUT2D eigenvalue weighted by Gasteiger charge is -2.36. The van der Waals surface area contributed by atoms with Crippen LogP contribution in [0.4, 0.5) is 0 Å². The Kier molecular flexibility index (Phi) is 12.2. The topological polar surface area (TPSA) is 151 Å². The van der Waals surface area contributed by atoms with Crippen LogP contribution < -0.4 is 0 Å². The normalized spacial score (nSPS) is 26.6. The van der Waals surface area contributed by atoms with Gasteiger partial charge >= 0.3 is 20.3 Å². The number of carboxylic acid groups (broad SMARTS) is 1. The van der Waals surface area contributed by atoms with Crippen molar-refractivity contribution in [1.82, 2.24) is 0 Å². The molecule has 0 aromatic carbocycles. The number of hydrogen-bond acceptors (Lipinski definition) is 6. The molecule has 2 aliphatic carbocycles. The lowest BCUT2D eigenvalue weighted by Crippen LogP contribution is -2.35. The summed E-state index contributed by atoms with van der Waals surface area (Å²) in [5.74, 6) is 32.8. The fraction of sp³-hybridized carbons (Fsp3) is 0.483. The predicted octanol–water partition coefficient (Wildman–Crippen LogP) is 3.74. The average Bonchev–Trinajstić information content (AvgIpc) is 3.26. The van der Waals surface area contributed by atoms with E-state index in [9.17, 15) is 28.8 Å². The second kappa shape index (κ2) is 14.9. The van der Waals surface area contributed by atoms with Crippen molar-refractivity contribution in [3.8, 4) is 82.9 Å². The molecule has 4 N–H and O–H groups in total. The fourth-order valence-electron chi connectivity index (χ4n) is 5.60. The molecule has 0 spiro atoms. The summed E-state index contributed by atoms with van der Waals surface area (Å²) < 4.78 is 30.3. The van der Waals surface area contributed by atoms with Crippen LogP contribution in [0.5, 0.6) is 0 Å². The van der Waals surface area contributed by atoms with Crippen molar-refractivity contribution in [2.75, 3.05) is 0 Å². The Morgan fingerprint density at radius 1 is 0.950 bits per heavy atom. The molecule has 0 aliphatic heterocycles. The van der Waals surface area contributed by atoms with Gasteiger partial charge in [0.25, 0.3) is 0 Å². The van der Waals surface area contributed by atoms with Crippen molar-refractivity contribution in [3.63, 3.8) is 0 Å². The van der Waals surface area contributed by atoms with Gasteiger partial charge in [0.2, 0.25) is 0 Å². The zero-order valence-corrected chi connectivity index (χ0v) is 23.9. The number of hydrogen-bond donors (Lipinski definition) is 4. The van der Waals surface area contributed by atoms with E-state index in [0.717, 1.165) is 12.8 Å². The first kappa shape index (κ1) is 32.9. The molecule has 7 unspecified atom stereocenters. The third kappa shape index (κ3) is 8.09. The van der Waals surface area contributed by atoms with E-state index in [0.29, 0.717) is 6.42 Å². The van der Waals surface area contributed by atoms with Gasteiger partial charge in [0.1, 0.15) is 0 Å². The van der Waals surface area contributed by atoms with Gasteiger partial charge in [0, 0.05) is 5.41 Å². The van der Waals surface area contributed by atoms with Crippen LogP contribution in [0.2, 0.25) is 0 Å². The number of fused-ring (bicyclic) bond motifs is 1. The van der Waals surface area contributed by atoms with Crippen molar-refractivity contribution < 1.29 is 43.8 Å². The van der Waals surface area contributed by atoms with Gasteiger partial charge in [-0.05, 0) is 121 Å². The molecule has 9 nitrogen and oxygen atoms in total. The van der Waals surface area contributed by atoms with Gasteiger partial charge in [-0.3, -0.25) is 9.36 Å². The maximum absolute atomic E-state index is 13.6. The SMILES string of the molecule is CC#CC#CC#CC#CC#CC#CC#CC12CCCC1C(C)CC(P(=O)(OOO)P(=O)(O)O)C(C(C)C(=O)O)C2. The van der Waals surface area contributed by atoms with Crippen LogP contribution in [0.1, 0.15) is 52.9 Å². The molecule has 2 rings (SSSR count). The quantitative estimate of drug-likeness (QED) is 0.159. The second-order valence-corrected chi connectivity index (χ2v) is 15.7. The maximum atomic E-state index is 13.6. The smallest absolute Gasteiger partial charge is 0.410 e. The molecule has 0 bridgehead atoms. The Hall–Kier alpha value is -3.35. The molecule has 0 heterocycles. The van der Waals surface area contributed by atoms with E-state index in [4.69, 9.17) is 5.26 Å². The third-order valence-electron chi connectivity index (χ3n) is 7.32. The van der Waals surface area contributed by atoms with E-state index >= 15 is 0 Å². The van der Waals surface area contributed by atoms with Gasteiger partial charge in [-0.25, -0.2) is 9.82 Å². The highest BCUT2D eigenvalue weighted by atomic mass is 32.1. The third-order valence-corrected chi connectivity index (χ3v) is 13.0. The molecule has 208 valence electrons. The van der Waals surface area contributed by atoms with Crippen LogP contribution in [0.15, 0.2) is 0 Å². The van der Waals surface area contributed by atoms with Gasteiger partial charge in [-0.1, -0.05) is 37.1 Å². The summed E-state index contributed by atoms with van der Waals surface area (Å²) in [6.45, 7) is 4.90. The van der Waals surface area contributed by atoms with Gasteiger partial charge in [0.15, 0.2) is 0 Å². The minimum Gasteiger partial charge on any atom is -0.481 e. The molecular weight excluding hydrogens is 554 g/mol. The van der Waals surface area contributed by atoms with Crippen molar-refractivity contribution in [2.45, 2.75) is 58.5 Å². The van der Waals surface area contributed by atoms with Crippen LogP contribution in [0.25, 0.3) is 0 Å². The number of carbonyl (C=O) groups is 1. The number of carboxylic acids is 1. The van der Waals surface area contributed by atoms with E-state index in [1.165, 1.54) is 6.92 Å². The molecule has 0 aromatic rings. The van der Waals surface area contributed by atoms with Crippen molar-refractivity contribution >= 4 is 20.3 Å². The van der Waals surface area contributed by atoms with Crippen LogP contribution in [0, 0.1) is 112 Å². The molecule has 0 aromatic heterocycles. The predicted molar refractivity (Wildman–Crippen MR) is 147 cm³/mol. The van der Waals surface area contributed by atoms with Gasteiger partial charge < -0.3 is 14.9 Å². The zero-order chi connectivity index (χ0) is 29.8. The molecule has 2 saturated carbocycles. The Morgan fingerprint density at radius 2 is 1.48 bits per heavy atom. The summed E-state index contributed by atoms with van der Waals surface area (Å²) in [4.78, 5) is 31.9.